The van der Waals surface area contributed by atoms with Gasteiger partial charge in [-0.05, 0) is 48.7 Å². The summed E-state index contributed by atoms with van der Waals surface area (Å²) in [6, 6.07) is 31.3. The van der Waals surface area contributed by atoms with Crippen LogP contribution in [0, 0.1) is 6.92 Å². The van der Waals surface area contributed by atoms with E-state index in [2.05, 4.69) is 27.5 Å². The number of amides is 1. The predicted molar refractivity (Wildman–Crippen MR) is 131 cm³/mol. The molecule has 5 rings (SSSR count). The fourth-order valence-corrected chi connectivity index (χ4v) is 3.85. The molecule has 34 heavy (non-hydrogen) atoms. The van der Waals surface area contributed by atoms with Gasteiger partial charge in [0.15, 0.2) is 11.6 Å². The van der Waals surface area contributed by atoms with E-state index in [0.717, 1.165) is 22.4 Å². The van der Waals surface area contributed by atoms with E-state index in [1.165, 1.54) is 0 Å². The first kappa shape index (κ1) is 21.4. The Morgan fingerprint density at radius 2 is 1.62 bits per heavy atom. The Bertz CT molecular complexity index is 1360. The first-order chi connectivity index (χ1) is 16.7. The number of furan rings is 1. The van der Waals surface area contributed by atoms with Crippen molar-refractivity contribution in [1.82, 2.24) is 20.1 Å². The third kappa shape index (κ3) is 4.66. The van der Waals surface area contributed by atoms with Crippen molar-refractivity contribution in [2.45, 2.75) is 19.4 Å². The SMILES string of the molecule is Cc1ccc(-n2nc(C(=O)N[C@@H](Cc3ccccc3)c3ccccc3)nc2-c2ccco2)cc1. The van der Waals surface area contributed by atoms with Crippen molar-refractivity contribution in [2.75, 3.05) is 0 Å². The van der Waals surface area contributed by atoms with Crippen LogP contribution in [0.1, 0.15) is 33.4 Å². The van der Waals surface area contributed by atoms with Gasteiger partial charge in [-0.15, -0.1) is 5.10 Å². The summed E-state index contributed by atoms with van der Waals surface area (Å²) in [5.74, 6) is 0.749. The van der Waals surface area contributed by atoms with Gasteiger partial charge in [-0.3, -0.25) is 4.79 Å². The highest BCUT2D eigenvalue weighted by molar-refractivity contribution is 5.91. The lowest BCUT2D eigenvalue weighted by Gasteiger charge is -2.18. The molecule has 168 valence electrons. The monoisotopic (exact) mass is 448 g/mol. The van der Waals surface area contributed by atoms with E-state index >= 15 is 0 Å². The van der Waals surface area contributed by atoms with Gasteiger partial charge >= 0.3 is 0 Å². The van der Waals surface area contributed by atoms with Crippen LogP contribution in [0.15, 0.2) is 108 Å². The van der Waals surface area contributed by atoms with Crippen LogP contribution in [0.2, 0.25) is 0 Å². The lowest BCUT2D eigenvalue weighted by atomic mass is 9.99. The Labute approximate surface area is 197 Å². The third-order valence-electron chi connectivity index (χ3n) is 5.62. The average Bonchev–Trinajstić information content (AvgIpc) is 3.56. The fraction of sp³-hybridized carbons (Fsp3) is 0.107. The highest BCUT2D eigenvalue weighted by atomic mass is 16.3. The minimum Gasteiger partial charge on any atom is -0.461 e. The summed E-state index contributed by atoms with van der Waals surface area (Å²) in [4.78, 5) is 17.9. The molecule has 0 saturated heterocycles. The molecule has 0 fully saturated rings. The molecule has 1 amide bonds. The van der Waals surface area contributed by atoms with Gasteiger partial charge < -0.3 is 9.73 Å². The maximum absolute atomic E-state index is 13.4. The molecule has 5 aromatic rings. The molecule has 0 bridgehead atoms. The molecule has 0 unspecified atom stereocenters. The average molecular weight is 449 g/mol. The number of nitrogens with zero attached hydrogens (tertiary/aromatic N) is 3. The van der Waals surface area contributed by atoms with Crippen LogP contribution in [-0.2, 0) is 6.42 Å². The Balaban J connectivity index is 1.48. The van der Waals surface area contributed by atoms with Crippen molar-refractivity contribution in [1.29, 1.82) is 0 Å². The number of carbonyl (C=O) groups excluding carboxylic acids is 1. The van der Waals surface area contributed by atoms with Crippen molar-refractivity contribution < 1.29 is 9.21 Å². The molecule has 1 N–H and O–H groups in total. The molecule has 2 heterocycles. The molecule has 0 aliphatic rings. The van der Waals surface area contributed by atoms with Gasteiger partial charge in [0, 0.05) is 0 Å². The van der Waals surface area contributed by atoms with Crippen molar-refractivity contribution in [2.24, 2.45) is 0 Å². The number of aromatic nitrogens is 3. The molecular weight excluding hydrogens is 424 g/mol. The fourth-order valence-electron chi connectivity index (χ4n) is 3.85. The van der Waals surface area contributed by atoms with Gasteiger partial charge in [0.1, 0.15) is 0 Å². The minimum absolute atomic E-state index is 0.0842. The summed E-state index contributed by atoms with van der Waals surface area (Å²) in [6.45, 7) is 2.02. The molecule has 1 atom stereocenters. The molecule has 0 aliphatic heterocycles. The zero-order chi connectivity index (χ0) is 23.3. The zero-order valence-electron chi connectivity index (χ0n) is 18.8. The van der Waals surface area contributed by atoms with Gasteiger partial charge in [-0.25, -0.2) is 4.68 Å². The highest BCUT2D eigenvalue weighted by Crippen LogP contribution is 2.23. The summed E-state index contributed by atoms with van der Waals surface area (Å²) in [7, 11) is 0. The van der Waals surface area contributed by atoms with Crippen LogP contribution in [0.25, 0.3) is 17.3 Å². The van der Waals surface area contributed by atoms with Crippen molar-refractivity contribution in [3.05, 3.63) is 126 Å². The van der Waals surface area contributed by atoms with E-state index in [0.29, 0.717) is 18.0 Å². The van der Waals surface area contributed by atoms with E-state index in [4.69, 9.17) is 4.42 Å². The minimum atomic E-state index is -0.344. The maximum Gasteiger partial charge on any atom is 0.291 e. The van der Waals surface area contributed by atoms with E-state index < -0.39 is 0 Å². The van der Waals surface area contributed by atoms with Crippen LogP contribution >= 0.6 is 0 Å². The lowest BCUT2D eigenvalue weighted by molar-refractivity contribution is 0.0926. The van der Waals surface area contributed by atoms with Crippen LogP contribution in [0.5, 0.6) is 0 Å². The highest BCUT2D eigenvalue weighted by Gasteiger charge is 2.23. The Morgan fingerprint density at radius 1 is 0.912 bits per heavy atom. The number of hydrogen-bond acceptors (Lipinski definition) is 4. The number of rotatable bonds is 7. The Morgan fingerprint density at radius 3 is 2.29 bits per heavy atom. The molecule has 0 spiro atoms. The molecule has 3 aromatic carbocycles. The number of nitrogens with one attached hydrogen (secondary N) is 1. The largest absolute Gasteiger partial charge is 0.461 e. The molecule has 6 heteroatoms. The van der Waals surface area contributed by atoms with Crippen molar-refractivity contribution in [3.8, 4) is 17.3 Å². The van der Waals surface area contributed by atoms with Gasteiger partial charge in [0.2, 0.25) is 5.82 Å². The first-order valence-corrected chi connectivity index (χ1v) is 11.1. The summed E-state index contributed by atoms with van der Waals surface area (Å²) >= 11 is 0. The number of hydrogen-bond donors (Lipinski definition) is 1. The zero-order valence-corrected chi connectivity index (χ0v) is 18.8. The van der Waals surface area contributed by atoms with Crippen molar-refractivity contribution >= 4 is 5.91 Å². The maximum atomic E-state index is 13.4. The van der Waals surface area contributed by atoms with Crippen LogP contribution < -0.4 is 5.32 Å². The summed E-state index contributed by atoms with van der Waals surface area (Å²) < 4.78 is 7.21. The standard InChI is InChI=1S/C28H24N4O2/c1-20-14-16-23(17-15-20)32-27(25-13-8-18-34-25)30-26(31-32)28(33)29-24(22-11-6-3-7-12-22)19-21-9-4-2-5-10-21/h2-18,24H,19H2,1H3,(H,29,33)/t24-/m0/s1. The van der Waals surface area contributed by atoms with Gasteiger partial charge in [0.25, 0.3) is 5.91 Å². The topological polar surface area (TPSA) is 73.0 Å². The lowest BCUT2D eigenvalue weighted by Crippen LogP contribution is -2.31. The molecular formula is C28H24N4O2. The smallest absolute Gasteiger partial charge is 0.291 e. The van der Waals surface area contributed by atoms with E-state index in [-0.39, 0.29) is 17.8 Å². The molecule has 0 radical (unpaired) electrons. The second kappa shape index (κ2) is 9.58. The van der Waals surface area contributed by atoms with E-state index in [1.807, 2.05) is 79.7 Å². The summed E-state index contributed by atoms with van der Waals surface area (Å²) in [5, 5.41) is 7.69. The quantitative estimate of drug-likeness (QED) is 0.354. The Kier molecular flexibility index (Phi) is 6.03. The van der Waals surface area contributed by atoms with Gasteiger partial charge in [-0.2, -0.15) is 4.98 Å². The van der Waals surface area contributed by atoms with Crippen molar-refractivity contribution in [3.63, 3.8) is 0 Å². The number of carbonyl (C=O) groups is 1. The summed E-state index contributed by atoms with van der Waals surface area (Å²) in [6.07, 6.45) is 2.23. The molecule has 0 aliphatic carbocycles. The predicted octanol–water partition coefficient (Wildman–Crippen LogP) is 5.55. The van der Waals surface area contributed by atoms with Gasteiger partial charge in [-0.1, -0.05) is 78.4 Å². The normalized spacial score (nSPS) is 11.8. The van der Waals surface area contributed by atoms with Gasteiger partial charge in [0.05, 0.1) is 18.0 Å². The third-order valence-corrected chi connectivity index (χ3v) is 5.62. The Hall–Kier alpha value is -4.45. The van der Waals surface area contributed by atoms with Crippen LogP contribution in [-0.4, -0.2) is 20.7 Å². The first-order valence-electron chi connectivity index (χ1n) is 11.1. The molecule has 6 nitrogen and oxygen atoms in total. The molecule has 0 saturated carbocycles. The number of benzene rings is 3. The number of aryl methyl sites for hydroxylation is 1. The van der Waals surface area contributed by atoms with E-state index in [1.54, 1.807) is 23.1 Å². The van der Waals surface area contributed by atoms with Crippen LogP contribution in [0.4, 0.5) is 0 Å². The van der Waals surface area contributed by atoms with Crippen LogP contribution in [0.3, 0.4) is 0 Å². The second-order valence-corrected chi connectivity index (χ2v) is 8.11. The summed E-state index contributed by atoms with van der Waals surface area (Å²) in [5.41, 5.74) is 4.08. The molecule has 2 aromatic heterocycles. The second-order valence-electron chi connectivity index (χ2n) is 8.11. The van der Waals surface area contributed by atoms with E-state index in [9.17, 15) is 4.79 Å².